The van der Waals surface area contributed by atoms with Crippen LogP contribution in [-0.2, 0) is 11.2 Å². The highest BCUT2D eigenvalue weighted by Gasteiger charge is 2.15. The predicted octanol–water partition coefficient (Wildman–Crippen LogP) is 3.00. The zero-order valence-corrected chi connectivity index (χ0v) is 10.8. The first-order valence-electron chi connectivity index (χ1n) is 5.72. The fourth-order valence-electron chi connectivity index (χ4n) is 1.99. The second kappa shape index (κ2) is 5.80. The molecule has 0 atom stereocenters. The van der Waals surface area contributed by atoms with E-state index in [2.05, 4.69) is 11.0 Å². The van der Waals surface area contributed by atoms with Gasteiger partial charge in [0.05, 0.1) is 4.34 Å². The van der Waals surface area contributed by atoms with Gasteiger partial charge in [0.1, 0.15) is 5.78 Å². The lowest BCUT2D eigenvalue weighted by Crippen LogP contribution is -2.34. The topological polar surface area (TPSA) is 20.3 Å². The molecule has 0 N–H and O–H groups in total. The SMILES string of the molecule is O=C1CCN(CCCc2ccc(Cl)s2)CC1. The second-order valence-corrected chi connectivity index (χ2v) is 5.99. The van der Waals surface area contributed by atoms with E-state index in [1.165, 1.54) is 4.88 Å². The van der Waals surface area contributed by atoms with Crippen molar-refractivity contribution in [2.24, 2.45) is 0 Å². The number of Topliss-reactive ketones (excluding diaryl/α,β-unsaturated/α-hetero) is 1. The fourth-order valence-corrected chi connectivity index (χ4v) is 3.12. The number of nitrogens with zero attached hydrogens (tertiary/aromatic N) is 1. The van der Waals surface area contributed by atoms with Crippen molar-refractivity contribution in [2.75, 3.05) is 19.6 Å². The molecule has 0 aromatic carbocycles. The number of thiophene rings is 1. The molecule has 1 saturated heterocycles. The molecule has 0 amide bonds. The first-order valence-corrected chi connectivity index (χ1v) is 6.92. The smallest absolute Gasteiger partial charge is 0.135 e. The maximum absolute atomic E-state index is 11.1. The number of hydrogen-bond acceptors (Lipinski definition) is 3. The van der Waals surface area contributed by atoms with E-state index < -0.39 is 0 Å². The third-order valence-corrected chi connectivity index (χ3v) is 4.23. The Morgan fingerprint density at radius 2 is 2.06 bits per heavy atom. The number of likely N-dealkylation sites (tertiary alicyclic amines) is 1. The number of carbonyl (C=O) groups excluding carboxylic acids is 1. The molecule has 1 aliphatic rings. The molecule has 1 aromatic heterocycles. The number of ketones is 1. The van der Waals surface area contributed by atoms with Crippen molar-refractivity contribution in [1.82, 2.24) is 4.90 Å². The molecule has 1 fully saturated rings. The van der Waals surface area contributed by atoms with E-state index in [0.717, 1.165) is 49.7 Å². The molecule has 88 valence electrons. The average Bonchev–Trinajstić information content (AvgIpc) is 2.67. The molecule has 0 bridgehead atoms. The zero-order chi connectivity index (χ0) is 11.4. The lowest BCUT2D eigenvalue weighted by molar-refractivity contribution is -0.121. The van der Waals surface area contributed by atoms with E-state index in [9.17, 15) is 4.79 Å². The Bertz CT molecular complexity index is 354. The van der Waals surface area contributed by atoms with Crippen LogP contribution in [0.4, 0.5) is 0 Å². The van der Waals surface area contributed by atoms with Crippen molar-refractivity contribution in [3.63, 3.8) is 0 Å². The molecule has 4 heteroatoms. The third-order valence-electron chi connectivity index (χ3n) is 2.94. The van der Waals surface area contributed by atoms with Gasteiger partial charge >= 0.3 is 0 Å². The Morgan fingerprint density at radius 3 is 2.69 bits per heavy atom. The van der Waals surface area contributed by atoms with Crippen LogP contribution in [-0.4, -0.2) is 30.3 Å². The Balaban J connectivity index is 1.66. The van der Waals surface area contributed by atoms with E-state index in [0.29, 0.717) is 5.78 Å². The summed E-state index contributed by atoms with van der Waals surface area (Å²) < 4.78 is 0.874. The first-order chi connectivity index (χ1) is 7.74. The van der Waals surface area contributed by atoms with Crippen molar-refractivity contribution >= 4 is 28.7 Å². The van der Waals surface area contributed by atoms with E-state index in [4.69, 9.17) is 11.6 Å². The van der Waals surface area contributed by atoms with Gasteiger partial charge in [-0.05, 0) is 31.5 Å². The summed E-state index contributed by atoms with van der Waals surface area (Å²) in [5, 5.41) is 0. The highest BCUT2D eigenvalue weighted by Crippen LogP contribution is 2.22. The van der Waals surface area contributed by atoms with Crippen molar-refractivity contribution in [1.29, 1.82) is 0 Å². The molecule has 1 aromatic rings. The fraction of sp³-hybridized carbons (Fsp3) is 0.583. The van der Waals surface area contributed by atoms with Gasteiger partial charge in [-0.3, -0.25) is 4.79 Å². The normalized spacial score (nSPS) is 17.9. The van der Waals surface area contributed by atoms with Crippen LogP contribution >= 0.6 is 22.9 Å². The number of halogens is 1. The van der Waals surface area contributed by atoms with Crippen LogP contribution in [0.25, 0.3) is 0 Å². The maximum Gasteiger partial charge on any atom is 0.135 e. The summed E-state index contributed by atoms with van der Waals surface area (Å²) in [7, 11) is 0. The molecule has 0 spiro atoms. The van der Waals surface area contributed by atoms with Crippen LogP contribution in [0.1, 0.15) is 24.1 Å². The molecule has 0 aliphatic carbocycles. The van der Waals surface area contributed by atoms with Crippen LogP contribution in [0.15, 0.2) is 12.1 Å². The molecule has 2 heterocycles. The van der Waals surface area contributed by atoms with Crippen molar-refractivity contribution < 1.29 is 4.79 Å². The minimum absolute atomic E-state index is 0.418. The summed E-state index contributed by atoms with van der Waals surface area (Å²) >= 11 is 7.54. The van der Waals surface area contributed by atoms with Crippen molar-refractivity contribution in [3.05, 3.63) is 21.3 Å². The predicted molar refractivity (Wildman–Crippen MR) is 68.3 cm³/mol. The molecule has 16 heavy (non-hydrogen) atoms. The van der Waals surface area contributed by atoms with Gasteiger partial charge in [0.15, 0.2) is 0 Å². The maximum atomic E-state index is 11.1. The molecular weight excluding hydrogens is 242 g/mol. The van der Waals surface area contributed by atoms with Gasteiger partial charge in [-0.2, -0.15) is 0 Å². The highest BCUT2D eigenvalue weighted by molar-refractivity contribution is 7.16. The summed E-state index contributed by atoms with van der Waals surface area (Å²) in [5.74, 6) is 0.418. The second-order valence-electron chi connectivity index (χ2n) is 4.19. The van der Waals surface area contributed by atoms with Crippen molar-refractivity contribution in [2.45, 2.75) is 25.7 Å². The molecular formula is C12H16ClNOS. The number of hydrogen-bond donors (Lipinski definition) is 0. The lowest BCUT2D eigenvalue weighted by atomic mass is 10.1. The van der Waals surface area contributed by atoms with Crippen LogP contribution in [0.2, 0.25) is 4.34 Å². The van der Waals surface area contributed by atoms with Crippen LogP contribution < -0.4 is 0 Å². The zero-order valence-electron chi connectivity index (χ0n) is 9.25. The molecule has 0 radical (unpaired) electrons. The highest BCUT2D eigenvalue weighted by atomic mass is 35.5. The Morgan fingerprint density at radius 1 is 1.31 bits per heavy atom. The van der Waals surface area contributed by atoms with Crippen LogP contribution in [0.3, 0.4) is 0 Å². The average molecular weight is 258 g/mol. The summed E-state index contributed by atoms with van der Waals surface area (Å²) in [6, 6.07) is 4.06. The standard InChI is InChI=1S/C12H16ClNOS/c13-12-4-3-11(16-12)2-1-7-14-8-5-10(15)6-9-14/h3-4H,1-2,5-9H2. The van der Waals surface area contributed by atoms with Gasteiger partial charge in [-0.25, -0.2) is 0 Å². The minimum atomic E-state index is 0.418. The van der Waals surface area contributed by atoms with Gasteiger partial charge < -0.3 is 4.90 Å². The Kier molecular flexibility index (Phi) is 4.38. The summed E-state index contributed by atoms with van der Waals surface area (Å²) in [6.45, 7) is 3.00. The van der Waals surface area contributed by atoms with Crippen molar-refractivity contribution in [3.8, 4) is 0 Å². The lowest BCUT2D eigenvalue weighted by Gasteiger charge is -2.25. The number of rotatable bonds is 4. The monoisotopic (exact) mass is 257 g/mol. The largest absolute Gasteiger partial charge is 0.302 e. The number of piperidine rings is 1. The number of carbonyl (C=O) groups is 1. The van der Waals surface area contributed by atoms with Gasteiger partial charge in [0, 0.05) is 30.8 Å². The quantitative estimate of drug-likeness (QED) is 0.827. The van der Waals surface area contributed by atoms with E-state index >= 15 is 0 Å². The van der Waals surface area contributed by atoms with Gasteiger partial charge in [-0.1, -0.05) is 11.6 Å². The molecule has 0 unspecified atom stereocenters. The summed E-state index contributed by atoms with van der Waals surface area (Å²) in [5.41, 5.74) is 0. The van der Waals surface area contributed by atoms with Gasteiger partial charge in [-0.15, -0.1) is 11.3 Å². The summed E-state index contributed by atoms with van der Waals surface area (Å²) in [6.07, 6.45) is 3.74. The van der Waals surface area contributed by atoms with Crippen LogP contribution in [0.5, 0.6) is 0 Å². The van der Waals surface area contributed by atoms with E-state index in [1.54, 1.807) is 11.3 Å². The molecule has 1 aliphatic heterocycles. The third kappa shape index (κ3) is 3.58. The first kappa shape index (κ1) is 12.1. The molecule has 2 nitrogen and oxygen atoms in total. The van der Waals surface area contributed by atoms with E-state index in [-0.39, 0.29) is 0 Å². The van der Waals surface area contributed by atoms with Crippen LogP contribution in [0, 0.1) is 0 Å². The number of aryl methyl sites for hydroxylation is 1. The van der Waals surface area contributed by atoms with E-state index in [1.807, 2.05) is 6.07 Å². The van der Waals surface area contributed by atoms with Gasteiger partial charge in [0.2, 0.25) is 0 Å². The summed E-state index contributed by atoms with van der Waals surface area (Å²) in [4.78, 5) is 14.8. The minimum Gasteiger partial charge on any atom is -0.302 e. The molecule has 2 rings (SSSR count). The molecule has 0 saturated carbocycles. The van der Waals surface area contributed by atoms with Gasteiger partial charge in [0.25, 0.3) is 0 Å². The Hall–Kier alpha value is -0.380. The Labute approximate surface area is 105 Å².